The van der Waals surface area contributed by atoms with Crippen LogP contribution >= 0.6 is 0 Å². The smallest absolute Gasteiger partial charge is 0.170 e. The van der Waals surface area contributed by atoms with E-state index in [0.29, 0.717) is 11.5 Å². The van der Waals surface area contributed by atoms with Crippen LogP contribution in [0.4, 0.5) is 0 Å². The van der Waals surface area contributed by atoms with Crippen molar-refractivity contribution in [3.8, 4) is 6.07 Å². The van der Waals surface area contributed by atoms with Crippen molar-refractivity contribution in [2.45, 2.75) is 50.2 Å². The zero-order valence-electron chi connectivity index (χ0n) is 19.0. The third-order valence-corrected chi connectivity index (χ3v) is 7.19. The van der Waals surface area contributed by atoms with Gasteiger partial charge in [-0.05, 0) is 48.1 Å². The summed E-state index contributed by atoms with van der Waals surface area (Å²) in [5.74, 6) is -0.180. The van der Waals surface area contributed by atoms with Crippen LogP contribution in [0.2, 0.25) is 0 Å². The predicted octanol–water partition coefficient (Wildman–Crippen LogP) is 6.32. The number of benzene rings is 3. The minimum absolute atomic E-state index is 0.130. The van der Waals surface area contributed by atoms with Gasteiger partial charge in [0.15, 0.2) is 5.79 Å². The molecule has 0 amide bonds. The van der Waals surface area contributed by atoms with Crippen molar-refractivity contribution in [2.24, 2.45) is 5.92 Å². The Morgan fingerprint density at radius 3 is 2.26 bits per heavy atom. The summed E-state index contributed by atoms with van der Waals surface area (Å²) in [4.78, 5) is 4.54. The summed E-state index contributed by atoms with van der Waals surface area (Å²) < 4.78 is 15.8. The van der Waals surface area contributed by atoms with E-state index >= 15 is 0 Å². The summed E-state index contributed by atoms with van der Waals surface area (Å²) in [5, 5.41) is 9.31. The molecule has 1 saturated carbocycles. The van der Waals surface area contributed by atoms with Crippen LogP contribution in [-0.4, -0.2) is 15.3 Å². The third-order valence-electron chi connectivity index (χ3n) is 7.19. The van der Waals surface area contributed by atoms with Crippen molar-refractivity contribution >= 4 is 11.0 Å². The standard InChI is InChI=1S/C29H27N3O2/c30-18-21-13-14-25-26(16-21)32(20-31-25)19-22-8-7-15-29(17-22)33-27(23-9-3-1-4-10-23)28(34-29)24-11-5-2-6-12-24/h1-6,9-14,16,20,22,27-28H,7-8,15,17,19H2/t22-,27+,28+/m0/s1. The van der Waals surface area contributed by atoms with Crippen molar-refractivity contribution < 1.29 is 9.47 Å². The largest absolute Gasteiger partial charge is 0.339 e. The summed E-state index contributed by atoms with van der Waals surface area (Å²) in [6.45, 7) is 0.839. The average molecular weight is 450 g/mol. The quantitative estimate of drug-likeness (QED) is 0.366. The van der Waals surface area contributed by atoms with Crippen LogP contribution in [0.5, 0.6) is 0 Å². The zero-order chi connectivity index (χ0) is 23.0. The second kappa shape index (κ2) is 8.72. The number of aromatic nitrogens is 2. The number of nitriles is 1. The maximum absolute atomic E-state index is 9.31. The molecule has 6 rings (SSSR count). The molecule has 1 spiro atoms. The molecule has 1 saturated heterocycles. The van der Waals surface area contributed by atoms with E-state index in [1.165, 1.54) is 0 Å². The first-order valence-electron chi connectivity index (χ1n) is 12.0. The van der Waals surface area contributed by atoms with Crippen molar-refractivity contribution in [1.29, 1.82) is 5.26 Å². The third kappa shape index (κ3) is 3.90. The van der Waals surface area contributed by atoms with Gasteiger partial charge in [-0.25, -0.2) is 4.98 Å². The fourth-order valence-electron chi connectivity index (χ4n) is 5.61. The van der Waals surface area contributed by atoms with Crippen molar-refractivity contribution in [3.05, 3.63) is 102 Å². The Labute approximate surface area is 199 Å². The fraction of sp³-hybridized carbons (Fsp3) is 0.310. The predicted molar refractivity (Wildman–Crippen MR) is 130 cm³/mol. The molecule has 170 valence electrons. The molecule has 0 radical (unpaired) electrons. The van der Waals surface area contributed by atoms with Gasteiger partial charge in [0.25, 0.3) is 0 Å². The van der Waals surface area contributed by atoms with Crippen molar-refractivity contribution in [2.75, 3.05) is 0 Å². The van der Waals surface area contributed by atoms with Gasteiger partial charge in [0, 0.05) is 19.4 Å². The lowest BCUT2D eigenvalue weighted by Gasteiger charge is -2.37. The lowest BCUT2D eigenvalue weighted by atomic mass is 9.84. The fourth-order valence-corrected chi connectivity index (χ4v) is 5.61. The van der Waals surface area contributed by atoms with E-state index in [0.717, 1.165) is 54.4 Å². The Bertz CT molecular complexity index is 1280. The molecule has 3 atom stereocenters. The molecule has 1 aromatic heterocycles. The lowest BCUT2D eigenvalue weighted by Crippen LogP contribution is -2.37. The van der Waals surface area contributed by atoms with Gasteiger partial charge in [-0.3, -0.25) is 0 Å². The molecule has 0 unspecified atom stereocenters. The molecule has 2 heterocycles. The first-order chi connectivity index (χ1) is 16.7. The van der Waals surface area contributed by atoms with Gasteiger partial charge in [0.05, 0.1) is 29.0 Å². The molecule has 0 N–H and O–H groups in total. The van der Waals surface area contributed by atoms with E-state index < -0.39 is 5.79 Å². The molecule has 2 fully saturated rings. The highest BCUT2D eigenvalue weighted by Gasteiger charge is 2.50. The Hall–Kier alpha value is -3.46. The molecule has 0 bridgehead atoms. The highest BCUT2D eigenvalue weighted by atomic mass is 16.8. The molecular weight excluding hydrogens is 422 g/mol. The Morgan fingerprint density at radius 2 is 1.62 bits per heavy atom. The van der Waals surface area contributed by atoms with Crippen LogP contribution in [0, 0.1) is 17.2 Å². The van der Waals surface area contributed by atoms with Crippen LogP contribution in [-0.2, 0) is 16.0 Å². The summed E-state index contributed by atoms with van der Waals surface area (Å²) >= 11 is 0. The first kappa shape index (κ1) is 21.1. The molecule has 5 heteroatoms. The maximum Gasteiger partial charge on any atom is 0.170 e. The number of rotatable bonds is 4. The van der Waals surface area contributed by atoms with Gasteiger partial charge >= 0.3 is 0 Å². The number of fused-ring (bicyclic) bond motifs is 1. The van der Waals surface area contributed by atoms with E-state index in [-0.39, 0.29) is 12.2 Å². The molecule has 1 aliphatic carbocycles. The Morgan fingerprint density at radius 1 is 0.941 bits per heavy atom. The van der Waals surface area contributed by atoms with Crippen LogP contribution in [0.25, 0.3) is 11.0 Å². The summed E-state index contributed by atoms with van der Waals surface area (Å²) in [6.07, 6.45) is 5.56. The van der Waals surface area contributed by atoms with E-state index in [4.69, 9.17) is 9.47 Å². The average Bonchev–Trinajstić information content (AvgIpc) is 3.46. The lowest BCUT2D eigenvalue weighted by molar-refractivity contribution is -0.205. The number of nitrogens with zero attached hydrogens (tertiary/aromatic N) is 3. The van der Waals surface area contributed by atoms with Crippen molar-refractivity contribution in [3.63, 3.8) is 0 Å². The van der Waals surface area contributed by atoms with E-state index in [2.05, 4.69) is 64.2 Å². The second-order valence-corrected chi connectivity index (χ2v) is 9.48. The number of hydrogen-bond donors (Lipinski definition) is 0. The number of hydrogen-bond acceptors (Lipinski definition) is 4. The normalized spacial score (nSPS) is 23.8. The molecular formula is C29H27N3O2. The van der Waals surface area contributed by atoms with E-state index in [1.54, 1.807) is 0 Å². The van der Waals surface area contributed by atoms with Gasteiger partial charge in [0.1, 0.15) is 12.2 Å². The highest BCUT2D eigenvalue weighted by Crippen LogP contribution is 2.53. The summed E-state index contributed by atoms with van der Waals surface area (Å²) in [5.41, 5.74) is 4.90. The van der Waals surface area contributed by atoms with Gasteiger partial charge in [-0.1, -0.05) is 60.7 Å². The van der Waals surface area contributed by atoms with Gasteiger partial charge in [0.2, 0.25) is 0 Å². The molecule has 3 aromatic carbocycles. The van der Waals surface area contributed by atoms with Gasteiger partial charge in [-0.2, -0.15) is 5.26 Å². The van der Waals surface area contributed by atoms with Crippen molar-refractivity contribution in [1.82, 2.24) is 9.55 Å². The SMILES string of the molecule is N#Cc1ccc2ncn(C[C@H]3CCCC4(C3)O[C@H](c3ccccc3)[C@@H](c3ccccc3)O4)c2c1. The van der Waals surface area contributed by atoms with Gasteiger partial charge < -0.3 is 14.0 Å². The first-order valence-corrected chi connectivity index (χ1v) is 12.0. The Kier molecular flexibility index (Phi) is 5.41. The van der Waals surface area contributed by atoms with Gasteiger partial charge in [-0.15, -0.1) is 0 Å². The molecule has 34 heavy (non-hydrogen) atoms. The molecule has 1 aliphatic heterocycles. The van der Waals surface area contributed by atoms with Crippen LogP contribution in [0.1, 0.15) is 54.6 Å². The van der Waals surface area contributed by atoms with Crippen LogP contribution in [0.15, 0.2) is 85.2 Å². The highest BCUT2D eigenvalue weighted by molar-refractivity contribution is 5.76. The number of imidazole rings is 1. The number of ether oxygens (including phenoxy) is 2. The second-order valence-electron chi connectivity index (χ2n) is 9.48. The van der Waals surface area contributed by atoms with Crippen LogP contribution in [0.3, 0.4) is 0 Å². The maximum atomic E-state index is 9.31. The minimum atomic E-state index is -0.585. The van der Waals surface area contributed by atoms with E-state index in [9.17, 15) is 5.26 Å². The monoisotopic (exact) mass is 449 g/mol. The minimum Gasteiger partial charge on any atom is -0.339 e. The topological polar surface area (TPSA) is 60.1 Å². The Balaban J connectivity index is 1.28. The zero-order valence-corrected chi connectivity index (χ0v) is 19.0. The summed E-state index contributed by atoms with van der Waals surface area (Å²) in [7, 11) is 0. The van der Waals surface area contributed by atoms with Crippen LogP contribution < -0.4 is 0 Å². The molecule has 2 aliphatic rings. The summed E-state index contributed by atoms with van der Waals surface area (Å²) in [6, 6.07) is 28.8. The molecule has 5 nitrogen and oxygen atoms in total. The molecule has 4 aromatic rings. The van der Waals surface area contributed by atoms with E-state index in [1.807, 2.05) is 36.7 Å².